The molecule has 12 heteroatoms. The molecule has 0 aliphatic carbocycles. The molecule has 0 unspecified atom stereocenters. The van der Waals surface area contributed by atoms with E-state index in [0.717, 1.165) is 11.3 Å². The Kier molecular flexibility index (Phi) is 6.63. The number of aromatic nitrogens is 1. The number of primary sulfonamides is 1. The topological polar surface area (TPSA) is 121 Å². The zero-order valence-electron chi connectivity index (χ0n) is 15.5. The summed E-state index contributed by atoms with van der Waals surface area (Å²) in [6.07, 6.45) is 0. The third-order valence-electron chi connectivity index (χ3n) is 3.93. The average molecular weight is 488 g/mol. The minimum Gasteiger partial charge on any atom is -0.465 e. The van der Waals surface area contributed by atoms with E-state index in [4.69, 9.17) is 33.1 Å². The van der Waals surface area contributed by atoms with Crippen molar-refractivity contribution in [2.24, 2.45) is 10.1 Å². The van der Waals surface area contributed by atoms with Gasteiger partial charge < -0.3 is 9.30 Å². The van der Waals surface area contributed by atoms with Crippen molar-refractivity contribution in [1.82, 2.24) is 4.57 Å². The molecule has 0 spiro atoms. The number of thiazole rings is 1. The Morgan fingerprint density at radius 2 is 1.93 bits per heavy atom. The highest BCUT2D eigenvalue weighted by Crippen LogP contribution is 2.23. The molecule has 3 rings (SSSR count). The molecule has 1 amide bonds. The van der Waals surface area contributed by atoms with Crippen molar-refractivity contribution in [3.8, 4) is 0 Å². The van der Waals surface area contributed by atoms with Crippen molar-refractivity contribution in [2.45, 2.75) is 18.4 Å². The van der Waals surface area contributed by atoms with Gasteiger partial charge in [0, 0.05) is 5.02 Å². The highest BCUT2D eigenvalue weighted by atomic mass is 35.5. The Balaban J connectivity index is 2.20. The summed E-state index contributed by atoms with van der Waals surface area (Å²) in [6, 6.07) is 8.55. The highest BCUT2D eigenvalue weighted by Gasteiger charge is 2.17. The number of carbonyl (C=O) groups is 2. The van der Waals surface area contributed by atoms with Gasteiger partial charge in [-0.25, -0.2) is 13.6 Å². The predicted octanol–water partition coefficient (Wildman–Crippen LogP) is 2.96. The zero-order chi connectivity index (χ0) is 22.1. The monoisotopic (exact) mass is 487 g/mol. The minimum atomic E-state index is -3.93. The van der Waals surface area contributed by atoms with Gasteiger partial charge in [-0.15, -0.1) is 0 Å². The summed E-state index contributed by atoms with van der Waals surface area (Å²) in [5.41, 5.74) is 0.582. The molecule has 1 aromatic heterocycles. The molecule has 0 fully saturated rings. The van der Waals surface area contributed by atoms with Gasteiger partial charge in [0.15, 0.2) is 4.80 Å². The molecule has 0 aliphatic rings. The number of esters is 1. The number of hydrogen-bond acceptors (Lipinski definition) is 6. The van der Waals surface area contributed by atoms with E-state index < -0.39 is 21.9 Å². The van der Waals surface area contributed by atoms with E-state index in [0.29, 0.717) is 15.2 Å². The molecular formula is C18H15Cl2N3O5S2. The van der Waals surface area contributed by atoms with E-state index >= 15 is 0 Å². The number of ether oxygens (including phenoxy) is 1. The van der Waals surface area contributed by atoms with Crippen LogP contribution in [-0.2, 0) is 26.1 Å². The Labute approximate surface area is 185 Å². The van der Waals surface area contributed by atoms with E-state index in [1.165, 1.54) is 41.0 Å². The molecule has 0 atom stereocenters. The lowest BCUT2D eigenvalue weighted by Gasteiger charge is -2.06. The average Bonchev–Trinajstić information content (AvgIpc) is 2.99. The maximum absolute atomic E-state index is 12.7. The van der Waals surface area contributed by atoms with Crippen LogP contribution in [0.4, 0.5) is 0 Å². The summed E-state index contributed by atoms with van der Waals surface area (Å²) in [6.45, 7) is 1.63. The molecule has 3 aromatic rings. The van der Waals surface area contributed by atoms with Gasteiger partial charge in [0.1, 0.15) is 6.54 Å². The maximum atomic E-state index is 12.7. The summed E-state index contributed by atoms with van der Waals surface area (Å²) in [5.74, 6) is -1.21. The second-order valence-corrected chi connectivity index (χ2v) is 9.41. The van der Waals surface area contributed by atoms with Crippen LogP contribution in [0.2, 0.25) is 10.0 Å². The van der Waals surface area contributed by atoms with Gasteiger partial charge in [-0.05, 0) is 43.3 Å². The Morgan fingerprint density at radius 1 is 1.20 bits per heavy atom. The molecular weight excluding hydrogens is 473 g/mol. The molecule has 1 heterocycles. The fourth-order valence-corrected chi connectivity index (χ4v) is 4.66. The van der Waals surface area contributed by atoms with Gasteiger partial charge >= 0.3 is 5.97 Å². The van der Waals surface area contributed by atoms with Crippen LogP contribution in [0.1, 0.15) is 17.3 Å². The van der Waals surface area contributed by atoms with Crippen LogP contribution >= 0.6 is 34.5 Å². The first-order valence-electron chi connectivity index (χ1n) is 8.46. The zero-order valence-corrected chi connectivity index (χ0v) is 18.6. The maximum Gasteiger partial charge on any atom is 0.326 e. The SMILES string of the molecule is CCOC(=O)Cn1c(=NC(=O)c2cc(Cl)ccc2Cl)sc2cc(S(N)(=O)=O)ccc21. The molecule has 0 aliphatic heterocycles. The van der Waals surface area contributed by atoms with Crippen LogP contribution in [0, 0.1) is 0 Å². The van der Waals surface area contributed by atoms with E-state index in [2.05, 4.69) is 4.99 Å². The van der Waals surface area contributed by atoms with Gasteiger partial charge in [0.25, 0.3) is 5.91 Å². The molecule has 0 radical (unpaired) electrons. The number of halogens is 2. The normalized spacial score (nSPS) is 12.3. The number of rotatable bonds is 5. The number of benzene rings is 2. The Hall–Kier alpha value is -2.24. The van der Waals surface area contributed by atoms with Crippen LogP contribution in [-0.4, -0.2) is 31.5 Å². The van der Waals surface area contributed by atoms with Crippen molar-refractivity contribution in [3.05, 3.63) is 56.8 Å². The van der Waals surface area contributed by atoms with Crippen LogP contribution in [0.3, 0.4) is 0 Å². The number of hydrogen-bond donors (Lipinski definition) is 1. The molecule has 2 N–H and O–H groups in total. The van der Waals surface area contributed by atoms with Crippen molar-refractivity contribution < 1.29 is 22.7 Å². The van der Waals surface area contributed by atoms with Crippen LogP contribution < -0.4 is 9.94 Å². The van der Waals surface area contributed by atoms with E-state index in [1.807, 2.05) is 0 Å². The van der Waals surface area contributed by atoms with Crippen molar-refractivity contribution in [2.75, 3.05) is 6.61 Å². The first-order valence-corrected chi connectivity index (χ1v) is 11.6. The second kappa shape index (κ2) is 8.86. The Bertz CT molecular complexity index is 1330. The largest absolute Gasteiger partial charge is 0.465 e. The number of nitrogens with two attached hydrogens (primary N) is 1. The van der Waals surface area contributed by atoms with Gasteiger partial charge in [-0.2, -0.15) is 4.99 Å². The number of carbonyl (C=O) groups excluding carboxylic acids is 2. The summed E-state index contributed by atoms with van der Waals surface area (Å²) < 4.78 is 30.2. The lowest BCUT2D eigenvalue weighted by atomic mass is 10.2. The fraction of sp³-hybridized carbons (Fsp3) is 0.167. The summed E-state index contributed by atoms with van der Waals surface area (Å²) in [4.78, 5) is 28.9. The molecule has 0 bridgehead atoms. The molecule has 30 heavy (non-hydrogen) atoms. The number of amides is 1. The lowest BCUT2D eigenvalue weighted by Crippen LogP contribution is -2.23. The third-order valence-corrected chi connectivity index (χ3v) is 6.45. The third kappa shape index (κ3) is 4.90. The number of nitrogens with zero attached hydrogens (tertiary/aromatic N) is 2. The molecule has 0 saturated carbocycles. The quantitative estimate of drug-likeness (QED) is 0.554. The standard InChI is InChI=1S/C18H15Cl2N3O5S2/c1-2-28-16(24)9-23-14-6-4-11(30(21,26)27)8-15(14)29-18(23)22-17(25)12-7-10(19)3-5-13(12)20/h3-8H,2,9H2,1H3,(H2,21,26,27). The molecule has 0 saturated heterocycles. The van der Waals surface area contributed by atoms with Gasteiger partial charge in [0.05, 0.1) is 32.3 Å². The van der Waals surface area contributed by atoms with E-state index in [1.54, 1.807) is 6.92 Å². The van der Waals surface area contributed by atoms with Gasteiger partial charge in [-0.3, -0.25) is 9.59 Å². The van der Waals surface area contributed by atoms with E-state index in [-0.39, 0.29) is 33.4 Å². The van der Waals surface area contributed by atoms with Crippen molar-refractivity contribution in [3.63, 3.8) is 0 Å². The first-order chi connectivity index (χ1) is 14.1. The van der Waals surface area contributed by atoms with Gasteiger partial charge in [-0.1, -0.05) is 34.5 Å². The summed E-state index contributed by atoms with van der Waals surface area (Å²) in [5, 5.41) is 5.67. The minimum absolute atomic E-state index is 0.0922. The smallest absolute Gasteiger partial charge is 0.326 e. The second-order valence-electron chi connectivity index (χ2n) is 5.99. The molecule has 8 nitrogen and oxygen atoms in total. The number of fused-ring (bicyclic) bond motifs is 1. The fourth-order valence-electron chi connectivity index (χ4n) is 2.61. The summed E-state index contributed by atoms with van der Waals surface area (Å²) >= 11 is 13.0. The van der Waals surface area contributed by atoms with Crippen LogP contribution in [0.15, 0.2) is 46.3 Å². The van der Waals surface area contributed by atoms with Gasteiger partial charge in [0.2, 0.25) is 10.0 Å². The Morgan fingerprint density at radius 3 is 2.60 bits per heavy atom. The highest BCUT2D eigenvalue weighted by molar-refractivity contribution is 7.89. The van der Waals surface area contributed by atoms with Crippen LogP contribution in [0.5, 0.6) is 0 Å². The molecule has 2 aromatic carbocycles. The lowest BCUT2D eigenvalue weighted by molar-refractivity contribution is -0.143. The van der Waals surface area contributed by atoms with Crippen molar-refractivity contribution >= 4 is 66.7 Å². The first kappa shape index (κ1) is 22.4. The molecule has 158 valence electrons. The number of sulfonamides is 1. The predicted molar refractivity (Wildman–Crippen MR) is 114 cm³/mol. The van der Waals surface area contributed by atoms with Crippen LogP contribution in [0.25, 0.3) is 10.2 Å². The summed E-state index contributed by atoms with van der Waals surface area (Å²) in [7, 11) is -3.93. The van der Waals surface area contributed by atoms with E-state index in [9.17, 15) is 18.0 Å². The van der Waals surface area contributed by atoms with Crippen molar-refractivity contribution in [1.29, 1.82) is 0 Å².